The van der Waals surface area contributed by atoms with E-state index in [0.717, 1.165) is 29.7 Å². The van der Waals surface area contributed by atoms with Crippen molar-refractivity contribution >= 4 is 41.1 Å². The van der Waals surface area contributed by atoms with E-state index in [2.05, 4.69) is 10.1 Å². The van der Waals surface area contributed by atoms with Crippen LogP contribution in [0.1, 0.15) is 48.5 Å². The van der Waals surface area contributed by atoms with Crippen molar-refractivity contribution in [2.75, 3.05) is 18.0 Å². The fraction of sp³-hybridized carbons (Fsp3) is 0.370. The molecule has 0 fully saturated rings. The lowest BCUT2D eigenvalue weighted by molar-refractivity contribution is -0.202. The van der Waals surface area contributed by atoms with Gasteiger partial charge in [0.1, 0.15) is 6.54 Å². The van der Waals surface area contributed by atoms with Crippen LogP contribution < -0.4 is 16.0 Å². The van der Waals surface area contributed by atoms with Gasteiger partial charge in [0.15, 0.2) is 5.96 Å². The molecule has 1 heterocycles. The first kappa shape index (κ1) is 30.1. The number of nitrogens with zero attached hydrogens (tertiary/aromatic N) is 2. The summed E-state index contributed by atoms with van der Waals surface area (Å²) >= 11 is 0. The first-order chi connectivity index (χ1) is 18.9. The maximum atomic E-state index is 13.7. The summed E-state index contributed by atoms with van der Waals surface area (Å²) in [4.78, 5) is 52.7. The van der Waals surface area contributed by atoms with Gasteiger partial charge in [-0.3, -0.25) is 24.7 Å². The van der Waals surface area contributed by atoms with Gasteiger partial charge in [0.25, 0.3) is 11.8 Å². The molecule has 0 saturated heterocycles. The number of unbranched alkanes of at least 4 members (excludes halogenated alkanes) is 2. The molecule has 1 aliphatic rings. The van der Waals surface area contributed by atoms with Crippen LogP contribution in [0.4, 0.5) is 24.5 Å². The number of esters is 2. The quantitative estimate of drug-likeness (QED) is 0.132. The lowest BCUT2D eigenvalue weighted by Gasteiger charge is -2.27. The Morgan fingerprint density at radius 1 is 1.10 bits per heavy atom. The summed E-state index contributed by atoms with van der Waals surface area (Å²) in [6, 6.07) is 12.8. The number of alkyl halides is 3. The number of carbonyl (C=O) groups excluding carboxylic acids is 4. The van der Waals surface area contributed by atoms with Crippen molar-refractivity contribution in [2.45, 2.75) is 51.2 Å². The van der Waals surface area contributed by atoms with Gasteiger partial charge in [-0.2, -0.15) is 13.2 Å². The van der Waals surface area contributed by atoms with E-state index < -0.39 is 48.9 Å². The second kappa shape index (κ2) is 13.1. The van der Waals surface area contributed by atoms with Gasteiger partial charge in [0, 0.05) is 18.3 Å². The van der Waals surface area contributed by atoms with E-state index in [4.69, 9.17) is 11.1 Å². The predicted molar refractivity (Wildman–Crippen MR) is 140 cm³/mol. The van der Waals surface area contributed by atoms with Gasteiger partial charge in [0.05, 0.1) is 17.7 Å². The van der Waals surface area contributed by atoms with Crippen molar-refractivity contribution in [3.05, 3.63) is 59.7 Å². The molecule has 1 aliphatic heterocycles. The van der Waals surface area contributed by atoms with Crippen LogP contribution in [-0.2, 0) is 25.5 Å². The van der Waals surface area contributed by atoms with Crippen molar-refractivity contribution in [1.82, 2.24) is 10.2 Å². The van der Waals surface area contributed by atoms with E-state index in [-0.39, 0.29) is 11.5 Å². The number of fused-ring (bicyclic) bond motifs is 1. The minimum Gasteiger partial charge on any atom is -0.386 e. The van der Waals surface area contributed by atoms with Gasteiger partial charge in [-0.05, 0) is 56.0 Å². The van der Waals surface area contributed by atoms with Crippen LogP contribution in [-0.4, -0.2) is 59.9 Å². The molecule has 13 heteroatoms. The molecule has 40 heavy (non-hydrogen) atoms. The third-order valence-electron chi connectivity index (χ3n) is 6.25. The number of ether oxygens (including phenoxy) is 1. The van der Waals surface area contributed by atoms with Crippen LogP contribution in [0.2, 0.25) is 0 Å². The third-order valence-corrected chi connectivity index (χ3v) is 6.25. The van der Waals surface area contributed by atoms with Crippen molar-refractivity contribution < 1.29 is 37.1 Å². The van der Waals surface area contributed by atoms with Crippen LogP contribution in [0.5, 0.6) is 0 Å². The number of hydrogen-bond donors (Lipinski definition) is 3. The van der Waals surface area contributed by atoms with Crippen LogP contribution in [0.3, 0.4) is 0 Å². The van der Waals surface area contributed by atoms with Gasteiger partial charge in [-0.25, -0.2) is 4.79 Å². The normalized spacial score (nSPS) is 14.3. The van der Waals surface area contributed by atoms with E-state index in [1.54, 1.807) is 42.5 Å². The fourth-order valence-corrected chi connectivity index (χ4v) is 4.31. The van der Waals surface area contributed by atoms with Gasteiger partial charge in [-0.1, -0.05) is 30.7 Å². The van der Waals surface area contributed by atoms with E-state index in [9.17, 15) is 32.3 Å². The molecular weight excluding hydrogens is 531 g/mol. The molecule has 0 radical (unpaired) electrons. The zero-order valence-corrected chi connectivity index (χ0v) is 21.8. The topological polar surface area (TPSA) is 146 Å². The number of carbonyl (C=O) groups is 4. The SMILES string of the molecule is CC(CC(=O)OC(=O)C(F)(F)F)N1CC(=O)N(c2ccccc2)c2ccc(CCCCCNC(=N)N)cc2C1=O. The Kier molecular flexibility index (Phi) is 9.86. The number of nitrogens with two attached hydrogens (primary N) is 1. The molecule has 4 N–H and O–H groups in total. The Balaban J connectivity index is 1.85. The molecule has 0 bridgehead atoms. The molecule has 3 rings (SSSR count). The Bertz CT molecular complexity index is 1270. The molecule has 1 atom stereocenters. The van der Waals surface area contributed by atoms with E-state index >= 15 is 0 Å². The standard InChI is InChI=1S/C27H30F3N5O5/c1-17(14-23(37)40-25(39)27(28,29)30)34-16-22(36)35(19-9-5-2-6-10-19)21-12-11-18(15-20(21)24(34)38)8-4-3-7-13-33-26(31)32/h2,5-6,9-12,15,17H,3-4,7-8,13-14,16H2,1H3,(H4,31,32,33). The Morgan fingerprint density at radius 3 is 2.45 bits per heavy atom. The zero-order valence-electron chi connectivity index (χ0n) is 21.8. The summed E-state index contributed by atoms with van der Waals surface area (Å²) in [6.45, 7) is 1.50. The van der Waals surface area contributed by atoms with Gasteiger partial charge in [-0.15, -0.1) is 0 Å². The molecule has 10 nitrogen and oxygen atoms in total. The predicted octanol–water partition coefficient (Wildman–Crippen LogP) is 3.41. The smallest absolute Gasteiger partial charge is 0.386 e. The van der Waals surface area contributed by atoms with Crippen molar-refractivity contribution in [3.8, 4) is 0 Å². The first-order valence-electron chi connectivity index (χ1n) is 12.6. The lowest BCUT2D eigenvalue weighted by atomic mass is 10.0. The number of rotatable bonds is 10. The average Bonchev–Trinajstić information content (AvgIpc) is 2.99. The molecule has 0 aromatic heterocycles. The summed E-state index contributed by atoms with van der Waals surface area (Å²) in [5, 5.41) is 9.92. The number of aryl methyl sites for hydroxylation is 1. The second-order valence-electron chi connectivity index (χ2n) is 9.31. The number of hydrogen-bond acceptors (Lipinski definition) is 6. The maximum Gasteiger partial charge on any atom is 0.491 e. The number of guanidine groups is 1. The molecule has 0 saturated carbocycles. The molecule has 2 amide bonds. The van der Waals surface area contributed by atoms with E-state index in [1.807, 2.05) is 6.07 Å². The minimum atomic E-state index is -5.34. The van der Waals surface area contributed by atoms with Crippen LogP contribution in [0.15, 0.2) is 48.5 Å². The lowest BCUT2D eigenvalue weighted by Crippen LogP contribution is -2.44. The van der Waals surface area contributed by atoms with Crippen molar-refractivity contribution in [2.24, 2.45) is 5.73 Å². The third kappa shape index (κ3) is 7.80. The average molecular weight is 562 g/mol. The maximum absolute atomic E-state index is 13.7. The molecule has 214 valence electrons. The Labute approximate surface area is 228 Å². The van der Waals surface area contributed by atoms with Crippen molar-refractivity contribution in [1.29, 1.82) is 5.41 Å². The molecule has 0 aliphatic carbocycles. The number of para-hydroxylation sites is 1. The molecular formula is C27H30F3N5O5. The molecule has 2 aromatic rings. The Hall–Kier alpha value is -4.42. The number of amides is 2. The molecule has 0 spiro atoms. The number of anilines is 2. The Morgan fingerprint density at radius 2 is 1.80 bits per heavy atom. The first-order valence-corrected chi connectivity index (χ1v) is 12.6. The number of nitrogens with one attached hydrogen (secondary N) is 2. The molecule has 1 unspecified atom stereocenters. The number of halogens is 3. The largest absolute Gasteiger partial charge is 0.491 e. The van der Waals surface area contributed by atoms with Gasteiger partial charge < -0.3 is 20.7 Å². The second-order valence-corrected chi connectivity index (χ2v) is 9.31. The minimum absolute atomic E-state index is 0.0965. The van der Waals surface area contributed by atoms with E-state index in [0.29, 0.717) is 24.3 Å². The summed E-state index contributed by atoms with van der Waals surface area (Å²) in [6.07, 6.45) is -3.04. The summed E-state index contributed by atoms with van der Waals surface area (Å²) in [7, 11) is 0. The summed E-state index contributed by atoms with van der Waals surface area (Å²) in [5.74, 6) is -5.29. The highest BCUT2D eigenvalue weighted by atomic mass is 19.4. The highest BCUT2D eigenvalue weighted by molar-refractivity contribution is 6.13. The highest BCUT2D eigenvalue weighted by Crippen LogP contribution is 2.34. The molecule has 2 aromatic carbocycles. The van der Waals surface area contributed by atoms with Gasteiger partial charge in [0.2, 0.25) is 0 Å². The van der Waals surface area contributed by atoms with Crippen LogP contribution in [0, 0.1) is 5.41 Å². The van der Waals surface area contributed by atoms with Crippen molar-refractivity contribution in [3.63, 3.8) is 0 Å². The number of benzene rings is 2. The zero-order chi connectivity index (χ0) is 29.4. The fourth-order valence-electron chi connectivity index (χ4n) is 4.31. The summed E-state index contributed by atoms with van der Waals surface area (Å²) < 4.78 is 41.4. The van der Waals surface area contributed by atoms with Gasteiger partial charge >= 0.3 is 18.1 Å². The monoisotopic (exact) mass is 561 g/mol. The highest BCUT2D eigenvalue weighted by Gasteiger charge is 2.43. The summed E-state index contributed by atoms with van der Waals surface area (Å²) in [5.41, 5.74) is 7.14. The van der Waals surface area contributed by atoms with Crippen LogP contribution >= 0.6 is 0 Å². The van der Waals surface area contributed by atoms with E-state index in [1.165, 1.54) is 11.8 Å². The van der Waals surface area contributed by atoms with Crippen LogP contribution in [0.25, 0.3) is 0 Å².